The van der Waals surface area contributed by atoms with Crippen LogP contribution in [0.15, 0.2) is 46.8 Å². The van der Waals surface area contributed by atoms with Crippen molar-refractivity contribution in [1.82, 2.24) is 5.32 Å². The number of ether oxygens (including phenoxy) is 1. The normalized spacial score (nSPS) is 19.6. The van der Waals surface area contributed by atoms with Gasteiger partial charge >= 0.3 is 6.36 Å². The molecule has 0 amide bonds. The number of rotatable bonds is 6. The molecule has 1 saturated carbocycles. The van der Waals surface area contributed by atoms with E-state index < -0.39 is 6.36 Å². The Morgan fingerprint density at radius 2 is 2.04 bits per heavy atom. The third-order valence-corrected chi connectivity index (χ3v) is 4.82. The number of nitrogens with one attached hydrogen (secondary N) is 1. The first-order valence-electron chi connectivity index (χ1n) is 7.86. The summed E-state index contributed by atoms with van der Waals surface area (Å²) in [6.07, 6.45) is -3.19. The molecule has 9 heteroatoms. The van der Waals surface area contributed by atoms with Gasteiger partial charge in [0.25, 0.3) is 0 Å². The standard InChI is InChI=1S/C17H18F3N3OS.HI/c18-17(19,20)24-15-6-2-1-5-12(15)13-10-14(13)23-16(21)22-8-7-11-4-3-9-25-11;/h1-6,9,13-14H,7-8,10H2,(H3,21,22,23);1H. The topological polar surface area (TPSA) is 59.6 Å². The van der Waals surface area contributed by atoms with Crippen LogP contribution in [0.25, 0.3) is 0 Å². The van der Waals surface area contributed by atoms with Crippen molar-refractivity contribution in [2.45, 2.75) is 31.2 Å². The summed E-state index contributed by atoms with van der Waals surface area (Å²) in [4.78, 5) is 5.50. The van der Waals surface area contributed by atoms with E-state index in [0.717, 1.165) is 6.42 Å². The van der Waals surface area contributed by atoms with Crippen molar-refractivity contribution in [3.8, 4) is 5.75 Å². The molecule has 1 aromatic carbocycles. The van der Waals surface area contributed by atoms with Crippen LogP contribution in [0, 0.1) is 0 Å². The van der Waals surface area contributed by atoms with Gasteiger partial charge in [0.2, 0.25) is 0 Å². The van der Waals surface area contributed by atoms with Gasteiger partial charge in [0.05, 0.1) is 0 Å². The Hall–Kier alpha value is -1.49. The second kappa shape index (κ2) is 8.94. The number of hydrogen-bond acceptors (Lipinski definition) is 3. The molecule has 0 saturated heterocycles. The number of nitrogens with zero attached hydrogens (tertiary/aromatic N) is 1. The van der Waals surface area contributed by atoms with E-state index in [-0.39, 0.29) is 41.7 Å². The second-order valence-electron chi connectivity index (χ2n) is 5.77. The second-order valence-corrected chi connectivity index (χ2v) is 6.81. The maximum Gasteiger partial charge on any atom is 0.573 e. The van der Waals surface area contributed by atoms with Gasteiger partial charge in [-0.25, -0.2) is 0 Å². The van der Waals surface area contributed by atoms with Gasteiger partial charge in [-0.2, -0.15) is 0 Å². The van der Waals surface area contributed by atoms with Crippen LogP contribution in [0.3, 0.4) is 0 Å². The van der Waals surface area contributed by atoms with E-state index in [9.17, 15) is 13.2 Å². The molecule has 0 aliphatic heterocycles. The van der Waals surface area contributed by atoms with Crippen molar-refractivity contribution in [3.63, 3.8) is 0 Å². The van der Waals surface area contributed by atoms with E-state index in [1.165, 1.54) is 17.0 Å². The van der Waals surface area contributed by atoms with E-state index in [2.05, 4.69) is 15.0 Å². The average Bonchev–Trinajstić information content (AvgIpc) is 3.07. The highest BCUT2D eigenvalue weighted by Gasteiger charge is 2.42. The summed E-state index contributed by atoms with van der Waals surface area (Å²) in [6.45, 7) is 0.574. The first-order valence-corrected chi connectivity index (χ1v) is 8.74. The Morgan fingerprint density at radius 3 is 2.73 bits per heavy atom. The molecule has 1 aliphatic rings. The zero-order valence-corrected chi connectivity index (χ0v) is 16.8. The SMILES string of the molecule is I.NC(=NCCc1cccs1)NC1CC1c1ccccc1OC(F)(F)F. The summed E-state index contributed by atoms with van der Waals surface area (Å²) >= 11 is 1.67. The van der Waals surface area contributed by atoms with E-state index in [1.54, 1.807) is 23.5 Å². The summed E-state index contributed by atoms with van der Waals surface area (Å²) in [6, 6.07) is 10.2. The van der Waals surface area contributed by atoms with Gasteiger partial charge in [-0.15, -0.1) is 48.5 Å². The smallest absolute Gasteiger partial charge is 0.405 e. The lowest BCUT2D eigenvalue weighted by molar-refractivity contribution is -0.274. The fourth-order valence-corrected chi connectivity index (χ4v) is 3.38. The van der Waals surface area contributed by atoms with Crippen molar-refractivity contribution in [2.24, 2.45) is 10.7 Å². The van der Waals surface area contributed by atoms with Gasteiger partial charge in [0.15, 0.2) is 5.96 Å². The lowest BCUT2D eigenvalue weighted by Gasteiger charge is -2.13. The molecule has 0 bridgehead atoms. The third kappa shape index (κ3) is 6.04. The van der Waals surface area contributed by atoms with E-state index >= 15 is 0 Å². The van der Waals surface area contributed by atoms with E-state index in [0.29, 0.717) is 24.5 Å². The van der Waals surface area contributed by atoms with Gasteiger partial charge in [-0.05, 0) is 29.5 Å². The van der Waals surface area contributed by atoms with Crippen LogP contribution in [0.2, 0.25) is 0 Å². The van der Waals surface area contributed by atoms with Crippen molar-refractivity contribution in [2.75, 3.05) is 6.54 Å². The summed E-state index contributed by atoms with van der Waals surface area (Å²) in [5, 5.41) is 5.08. The van der Waals surface area contributed by atoms with Crippen LogP contribution in [-0.4, -0.2) is 24.9 Å². The van der Waals surface area contributed by atoms with Crippen molar-refractivity contribution >= 4 is 41.3 Å². The van der Waals surface area contributed by atoms with Crippen molar-refractivity contribution in [3.05, 3.63) is 52.2 Å². The van der Waals surface area contributed by atoms with Crippen LogP contribution in [-0.2, 0) is 6.42 Å². The fraction of sp³-hybridized carbons (Fsp3) is 0.353. The quantitative estimate of drug-likeness (QED) is 0.356. The fourth-order valence-electron chi connectivity index (χ4n) is 2.68. The molecule has 2 unspecified atom stereocenters. The number of benzene rings is 1. The third-order valence-electron chi connectivity index (χ3n) is 3.89. The predicted molar refractivity (Wildman–Crippen MR) is 107 cm³/mol. The summed E-state index contributed by atoms with van der Waals surface area (Å²) < 4.78 is 41.6. The maximum atomic E-state index is 12.5. The molecule has 3 N–H and O–H groups in total. The Bertz CT molecular complexity index is 737. The highest BCUT2D eigenvalue weighted by molar-refractivity contribution is 14.0. The number of alkyl halides is 3. The molecular weight excluding hydrogens is 478 g/mol. The minimum absolute atomic E-state index is 0. The van der Waals surface area contributed by atoms with Crippen molar-refractivity contribution in [1.29, 1.82) is 0 Å². The highest BCUT2D eigenvalue weighted by atomic mass is 127. The van der Waals surface area contributed by atoms with Gasteiger partial charge < -0.3 is 15.8 Å². The molecule has 0 radical (unpaired) electrons. The van der Waals surface area contributed by atoms with Gasteiger partial charge in [-0.1, -0.05) is 24.3 Å². The molecule has 0 spiro atoms. The number of hydrogen-bond donors (Lipinski definition) is 2. The largest absolute Gasteiger partial charge is 0.573 e. The minimum atomic E-state index is -4.70. The molecular formula is C17H19F3IN3OS. The maximum absolute atomic E-state index is 12.5. The average molecular weight is 497 g/mol. The molecule has 1 aliphatic carbocycles. The highest BCUT2D eigenvalue weighted by Crippen LogP contribution is 2.45. The van der Waals surface area contributed by atoms with Crippen LogP contribution < -0.4 is 15.8 Å². The van der Waals surface area contributed by atoms with Crippen LogP contribution >= 0.6 is 35.3 Å². The number of nitrogens with two attached hydrogens (primary N) is 1. The van der Waals surface area contributed by atoms with Gasteiger partial charge in [0.1, 0.15) is 5.75 Å². The molecule has 26 heavy (non-hydrogen) atoms. The number of halogens is 4. The molecule has 1 heterocycles. The van der Waals surface area contributed by atoms with Gasteiger partial charge in [-0.3, -0.25) is 4.99 Å². The van der Waals surface area contributed by atoms with Crippen LogP contribution in [0.4, 0.5) is 13.2 Å². The first kappa shape index (κ1) is 20.8. The zero-order valence-electron chi connectivity index (χ0n) is 13.7. The Kier molecular flexibility index (Phi) is 7.16. The lowest BCUT2D eigenvalue weighted by atomic mass is 10.1. The predicted octanol–water partition coefficient (Wildman–Crippen LogP) is 4.27. The zero-order chi connectivity index (χ0) is 17.9. The van der Waals surface area contributed by atoms with Crippen molar-refractivity contribution < 1.29 is 17.9 Å². The molecule has 1 fully saturated rings. The van der Waals surface area contributed by atoms with E-state index in [4.69, 9.17) is 5.73 Å². The van der Waals surface area contributed by atoms with E-state index in [1.807, 2.05) is 17.5 Å². The number of guanidine groups is 1. The Labute approximate surface area is 170 Å². The molecule has 142 valence electrons. The lowest BCUT2D eigenvalue weighted by Crippen LogP contribution is -2.34. The summed E-state index contributed by atoms with van der Waals surface area (Å²) in [5.41, 5.74) is 6.40. The van der Waals surface area contributed by atoms with Crippen LogP contribution in [0.5, 0.6) is 5.75 Å². The van der Waals surface area contributed by atoms with Gasteiger partial charge in [0, 0.05) is 29.8 Å². The molecule has 4 nitrogen and oxygen atoms in total. The summed E-state index contributed by atoms with van der Waals surface area (Å²) in [7, 11) is 0. The number of thiophene rings is 1. The molecule has 1 aromatic heterocycles. The molecule has 2 atom stereocenters. The Balaban J connectivity index is 0.00000243. The minimum Gasteiger partial charge on any atom is -0.405 e. The van der Waals surface area contributed by atoms with Crippen LogP contribution in [0.1, 0.15) is 22.8 Å². The number of para-hydroxylation sites is 1. The Morgan fingerprint density at radius 1 is 1.27 bits per heavy atom. The number of aliphatic imine (C=N–C) groups is 1. The summed E-state index contributed by atoms with van der Waals surface area (Å²) in [5.74, 6) is 0.0976. The first-order chi connectivity index (χ1) is 11.9. The molecule has 2 aromatic rings. The monoisotopic (exact) mass is 497 g/mol. The molecule has 3 rings (SSSR count).